The number of rotatable bonds is 7. The minimum Gasteiger partial charge on any atom is -0.490 e. The van der Waals surface area contributed by atoms with Crippen LogP contribution in [0.1, 0.15) is 5.56 Å². The van der Waals surface area contributed by atoms with Crippen LogP contribution in [0.25, 0.3) is 0 Å². The van der Waals surface area contributed by atoms with E-state index in [1.165, 1.54) is 43.5 Å². The highest BCUT2D eigenvalue weighted by atomic mass is 32.2. The summed E-state index contributed by atoms with van der Waals surface area (Å²) in [4.78, 5) is 9.95. The largest absolute Gasteiger partial charge is 0.490 e. The van der Waals surface area contributed by atoms with Crippen LogP contribution < -0.4 is 14.6 Å². The molecule has 0 aliphatic heterocycles. The summed E-state index contributed by atoms with van der Waals surface area (Å²) in [6.07, 6.45) is 0. The lowest BCUT2D eigenvalue weighted by molar-refractivity contribution is -0.386. The van der Waals surface area contributed by atoms with E-state index in [4.69, 9.17) is 9.88 Å². The molecule has 0 radical (unpaired) electrons. The average Bonchev–Trinajstić information content (AvgIpc) is 2.54. The Morgan fingerprint density at radius 1 is 1.12 bits per heavy atom. The van der Waals surface area contributed by atoms with E-state index in [-0.39, 0.29) is 22.1 Å². The molecule has 3 N–H and O–H groups in total. The van der Waals surface area contributed by atoms with Crippen molar-refractivity contribution in [2.45, 2.75) is 10.6 Å². The normalized spacial score (nSPS) is 11.8. The summed E-state index contributed by atoms with van der Waals surface area (Å²) in [6.45, 7) is 0. The van der Waals surface area contributed by atoms with Gasteiger partial charge in [-0.05, 0) is 29.8 Å². The number of sulfonamides is 2. The van der Waals surface area contributed by atoms with Gasteiger partial charge in [0.1, 0.15) is 0 Å². The second kappa shape index (κ2) is 7.27. The van der Waals surface area contributed by atoms with Gasteiger partial charge in [-0.3, -0.25) is 14.8 Å². The van der Waals surface area contributed by atoms with Crippen molar-refractivity contribution in [3.63, 3.8) is 0 Å². The molecule has 0 unspecified atom stereocenters. The van der Waals surface area contributed by atoms with Gasteiger partial charge in [-0.15, -0.1) is 0 Å². The fraction of sp³-hybridized carbons (Fsp3) is 0.143. The van der Waals surface area contributed by atoms with Gasteiger partial charge in [-0.2, -0.15) is 0 Å². The molecular weight excluding hydrogens is 386 g/mol. The van der Waals surface area contributed by atoms with Gasteiger partial charge in [0, 0.05) is 11.8 Å². The van der Waals surface area contributed by atoms with Crippen molar-refractivity contribution in [3.05, 3.63) is 58.1 Å². The standard InChI is InChI=1S/C14H15N3O7S2/c1-24-14-7-6-12(8-13(14)17(18)19)26(22,23)16-11-4-2-10(3-5-11)9-25(15,20)21/h2-8,16H,9H2,1H3,(H2,15,20,21). The van der Waals surface area contributed by atoms with Gasteiger partial charge in [-0.25, -0.2) is 22.0 Å². The monoisotopic (exact) mass is 401 g/mol. The fourth-order valence-electron chi connectivity index (χ4n) is 2.10. The van der Waals surface area contributed by atoms with Crippen LogP contribution in [0.15, 0.2) is 47.4 Å². The molecule has 26 heavy (non-hydrogen) atoms. The van der Waals surface area contributed by atoms with E-state index in [9.17, 15) is 26.9 Å². The molecule has 0 saturated heterocycles. The molecule has 12 heteroatoms. The van der Waals surface area contributed by atoms with Crippen LogP contribution in [-0.4, -0.2) is 28.9 Å². The molecule has 0 heterocycles. The third kappa shape index (κ3) is 4.91. The summed E-state index contributed by atoms with van der Waals surface area (Å²) in [6, 6.07) is 8.76. The van der Waals surface area contributed by atoms with Gasteiger partial charge >= 0.3 is 5.69 Å². The SMILES string of the molecule is COc1ccc(S(=O)(=O)Nc2ccc(CS(N)(=O)=O)cc2)cc1[N+](=O)[O-]. The second-order valence-corrected chi connectivity index (χ2v) is 8.50. The lowest BCUT2D eigenvalue weighted by Crippen LogP contribution is -2.15. The number of hydrogen-bond donors (Lipinski definition) is 2. The Labute approximate surface area is 149 Å². The molecule has 140 valence electrons. The Kier molecular flexibility index (Phi) is 5.49. The van der Waals surface area contributed by atoms with Crippen molar-refractivity contribution in [2.24, 2.45) is 5.14 Å². The Bertz CT molecular complexity index is 1030. The van der Waals surface area contributed by atoms with E-state index in [0.29, 0.717) is 5.56 Å². The van der Waals surface area contributed by atoms with E-state index in [1.54, 1.807) is 0 Å². The van der Waals surface area contributed by atoms with Crippen molar-refractivity contribution in [3.8, 4) is 5.75 Å². The Morgan fingerprint density at radius 2 is 1.73 bits per heavy atom. The van der Waals surface area contributed by atoms with Gasteiger partial charge in [0.2, 0.25) is 10.0 Å². The van der Waals surface area contributed by atoms with E-state index in [0.717, 1.165) is 6.07 Å². The molecular formula is C14H15N3O7S2. The fourth-order valence-corrected chi connectivity index (χ4v) is 3.83. The maximum Gasteiger partial charge on any atom is 0.312 e. The second-order valence-electron chi connectivity index (χ2n) is 5.20. The lowest BCUT2D eigenvalue weighted by Gasteiger charge is -2.10. The minimum absolute atomic E-state index is 0.0682. The number of hydrogen-bond acceptors (Lipinski definition) is 7. The first-order chi connectivity index (χ1) is 12.0. The van der Waals surface area contributed by atoms with Crippen LogP contribution in [0.2, 0.25) is 0 Å². The molecule has 2 rings (SSSR count). The summed E-state index contributed by atoms with van der Waals surface area (Å²) in [7, 11) is -6.56. The van der Waals surface area contributed by atoms with E-state index >= 15 is 0 Å². The zero-order valence-corrected chi connectivity index (χ0v) is 15.1. The molecule has 0 atom stereocenters. The zero-order valence-electron chi connectivity index (χ0n) is 13.4. The van der Waals surface area contributed by atoms with Crippen LogP contribution in [0.3, 0.4) is 0 Å². The highest BCUT2D eigenvalue weighted by molar-refractivity contribution is 7.92. The first kappa shape index (κ1) is 19.6. The number of primary sulfonamides is 1. The molecule has 0 saturated carbocycles. The van der Waals surface area contributed by atoms with Crippen LogP contribution in [-0.2, 0) is 25.8 Å². The Balaban J connectivity index is 2.29. The van der Waals surface area contributed by atoms with Crippen molar-refractivity contribution in [1.82, 2.24) is 0 Å². The van der Waals surface area contributed by atoms with Gasteiger partial charge in [0.15, 0.2) is 5.75 Å². The third-order valence-corrected chi connectivity index (χ3v) is 5.35. The molecule has 0 aliphatic carbocycles. The molecule has 0 aliphatic rings. The minimum atomic E-state index is -4.10. The maximum absolute atomic E-state index is 12.4. The first-order valence-electron chi connectivity index (χ1n) is 6.96. The van der Waals surface area contributed by atoms with E-state index in [1.807, 2.05) is 0 Å². The number of nitrogens with one attached hydrogen (secondary N) is 1. The maximum atomic E-state index is 12.4. The van der Waals surface area contributed by atoms with Crippen LogP contribution >= 0.6 is 0 Å². The third-order valence-electron chi connectivity index (χ3n) is 3.23. The zero-order chi connectivity index (χ0) is 19.5. The van der Waals surface area contributed by atoms with Gasteiger partial charge < -0.3 is 4.74 Å². The molecule has 0 amide bonds. The van der Waals surface area contributed by atoms with Gasteiger partial charge in [-0.1, -0.05) is 12.1 Å². The van der Waals surface area contributed by atoms with Crippen molar-refractivity contribution in [2.75, 3.05) is 11.8 Å². The van der Waals surface area contributed by atoms with Crippen LogP contribution in [0, 0.1) is 10.1 Å². The lowest BCUT2D eigenvalue weighted by atomic mass is 10.2. The van der Waals surface area contributed by atoms with Crippen LogP contribution in [0.4, 0.5) is 11.4 Å². The van der Waals surface area contributed by atoms with Gasteiger partial charge in [0.25, 0.3) is 10.0 Å². The number of anilines is 1. The summed E-state index contributed by atoms with van der Waals surface area (Å²) in [5.74, 6) is -0.452. The predicted molar refractivity (Wildman–Crippen MR) is 93.7 cm³/mol. The highest BCUT2D eigenvalue weighted by Crippen LogP contribution is 2.30. The summed E-state index contributed by atoms with van der Waals surface area (Å²) in [5.41, 5.74) is 0.0519. The Morgan fingerprint density at radius 3 is 2.23 bits per heavy atom. The summed E-state index contributed by atoms with van der Waals surface area (Å²) >= 11 is 0. The average molecular weight is 401 g/mol. The van der Waals surface area contributed by atoms with Crippen molar-refractivity contribution in [1.29, 1.82) is 0 Å². The molecule has 2 aromatic carbocycles. The molecule has 0 fully saturated rings. The molecule has 0 spiro atoms. The smallest absolute Gasteiger partial charge is 0.312 e. The summed E-state index contributed by atoms with van der Waals surface area (Å²) in [5, 5.41) is 16.0. The topological polar surface area (TPSA) is 159 Å². The van der Waals surface area contributed by atoms with E-state index < -0.39 is 30.7 Å². The number of nitro benzene ring substituents is 1. The van der Waals surface area contributed by atoms with Crippen molar-refractivity contribution >= 4 is 31.4 Å². The van der Waals surface area contributed by atoms with Gasteiger partial charge in [0.05, 0.1) is 22.7 Å². The van der Waals surface area contributed by atoms with Crippen LogP contribution in [0.5, 0.6) is 5.75 Å². The molecule has 10 nitrogen and oxygen atoms in total. The Hall–Kier alpha value is -2.70. The predicted octanol–water partition coefficient (Wildman–Crippen LogP) is 1.19. The highest BCUT2D eigenvalue weighted by Gasteiger charge is 2.22. The van der Waals surface area contributed by atoms with Crippen molar-refractivity contribution < 1.29 is 26.5 Å². The molecule has 0 bridgehead atoms. The number of nitrogens with two attached hydrogens (primary N) is 1. The summed E-state index contributed by atoms with van der Waals surface area (Å²) < 4.78 is 54.0. The number of ether oxygens (including phenoxy) is 1. The number of methoxy groups -OCH3 is 1. The quantitative estimate of drug-likeness (QED) is 0.520. The molecule has 0 aromatic heterocycles. The first-order valence-corrected chi connectivity index (χ1v) is 10.2. The number of nitrogens with zero attached hydrogens (tertiary/aromatic N) is 1. The van der Waals surface area contributed by atoms with E-state index in [2.05, 4.69) is 4.72 Å². The molecule has 2 aromatic rings. The number of benzene rings is 2. The number of nitro groups is 1.